The summed E-state index contributed by atoms with van der Waals surface area (Å²) in [6.07, 6.45) is 3.26. The zero-order valence-electron chi connectivity index (χ0n) is 11.0. The largest absolute Gasteiger partial charge is 0.489 e. The normalized spacial score (nSPS) is 15.2. The van der Waals surface area contributed by atoms with Crippen molar-refractivity contribution in [1.29, 1.82) is 0 Å². The van der Waals surface area contributed by atoms with Crippen LogP contribution in [0.2, 0.25) is 0 Å². The highest BCUT2D eigenvalue weighted by Gasteiger charge is 2.37. The molecule has 1 unspecified atom stereocenters. The molecule has 1 aromatic rings. The number of aliphatic carboxylic acids is 1. The molecule has 0 radical (unpaired) electrons. The second-order valence-electron chi connectivity index (χ2n) is 4.72. The van der Waals surface area contributed by atoms with Gasteiger partial charge in [-0.1, -0.05) is 24.8 Å². The molecule has 1 aliphatic carbocycles. The third-order valence-corrected chi connectivity index (χ3v) is 3.13. The van der Waals surface area contributed by atoms with Crippen molar-refractivity contribution in [2.75, 3.05) is 6.61 Å². The summed E-state index contributed by atoms with van der Waals surface area (Å²) in [5.41, 5.74) is 0.334. The van der Waals surface area contributed by atoms with E-state index in [-0.39, 0.29) is 12.5 Å². The Labute approximate surface area is 117 Å². The van der Waals surface area contributed by atoms with Crippen LogP contribution in [0.4, 0.5) is 0 Å². The van der Waals surface area contributed by atoms with E-state index < -0.39 is 17.9 Å². The monoisotopic (exact) mass is 275 g/mol. The van der Waals surface area contributed by atoms with Gasteiger partial charge in [-0.15, -0.1) is 0 Å². The second kappa shape index (κ2) is 6.23. The van der Waals surface area contributed by atoms with Crippen LogP contribution in [0, 0.1) is 5.92 Å². The van der Waals surface area contributed by atoms with Gasteiger partial charge in [0, 0.05) is 0 Å². The van der Waals surface area contributed by atoms with Gasteiger partial charge in [0.1, 0.15) is 18.4 Å². The Balaban J connectivity index is 2.11. The zero-order valence-corrected chi connectivity index (χ0v) is 11.0. The fourth-order valence-electron chi connectivity index (χ4n) is 1.96. The molecular weight excluding hydrogens is 258 g/mol. The fourth-order valence-corrected chi connectivity index (χ4v) is 1.96. The Kier molecular flexibility index (Phi) is 4.40. The summed E-state index contributed by atoms with van der Waals surface area (Å²) in [4.78, 5) is 23.3. The minimum absolute atomic E-state index is 0.0395. The number of nitrogens with one attached hydrogen (secondary N) is 1. The van der Waals surface area contributed by atoms with Crippen molar-refractivity contribution in [3.8, 4) is 5.75 Å². The first-order valence-corrected chi connectivity index (χ1v) is 6.50. The summed E-state index contributed by atoms with van der Waals surface area (Å²) in [6, 6.07) is 5.92. The molecule has 0 heterocycles. The molecule has 1 atom stereocenters. The van der Waals surface area contributed by atoms with Crippen LogP contribution in [0.5, 0.6) is 5.75 Å². The zero-order chi connectivity index (χ0) is 14.5. The molecule has 0 aliphatic heterocycles. The predicted octanol–water partition coefficient (Wildman–Crippen LogP) is 1.84. The average Bonchev–Trinajstić information content (AvgIpc) is 3.26. The SMILES string of the molecule is C=CCOc1ccccc1C(=O)NC(C(=O)O)C1CC1. The lowest BCUT2D eigenvalue weighted by Crippen LogP contribution is -2.42. The molecule has 0 spiro atoms. The molecule has 1 aromatic carbocycles. The standard InChI is InChI=1S/C15H17NO4/c1-2-9-20-12-6-4-3-5-11(12)14(17)16-13(15(18)19)10-7-8-10/h2-6,10,13H,1,7-9H2,(H,16,17)(H,18,19). The Hall–Kier alpha value is -2.30. The minimum atomic E-state index is -0.995. The number of carboxylic acid groups (broad SMARTS) is 1. The number of carbonyl (C=O) groups is 2. The van der Waals surface area contributed by atoms with E-state index in [1.54, 1.807) is 30.3 Å². The van der Waals surface area contributed by atoms with Gasteiger partial charge in [0.15, 0.2) is 0 Å². The van der Waals surface area contributed by atoms with Crippen molar-refractivity contribution < 1.29 is 19.4 Å². The summed E-state index contributed by atoms with van der Waals surface area (Å²) in [7, 11) is 0. The molecule has 5 heteroatoms. The van der Waals surface area contributed by atoms with Crippen molar-refractivity contribution in [2.24, 2.45) is 5.92 Å². The molecule has 1 aliphatic rings. The average molecular weight is 275 g/mol. The lowest BCUT2D eigenvalue weighted by atomic mass is 10.1. The quantitative estimate of drug-likeness (QED) is 0.745. The van der Waals surface area contributed by atoms with Crippen molar-refractivity contribution in [1.82, 2.24) is 5.32 Å². The van der Waals surface area contributed by atoms with Crippen LogP contribution >= 0.6 is 0 Å². The van der Waals surface area contributed by atoms with Gasteiger partial charge in [0.05, 0.1) is 5.56 Å². The molecule has 0 aromatic heterocycles. The smallest absolute Gasteiger partial charge is 0.326 e. The van der Waals surface area contributed by atoms with Crippen LogP contribution < -0.4 is 10.1 Å². The fraction of sp³-hybridized carbons (Fsp3) is 0.333. The number of hydrogen-bond acceptors (Lipinski definition) is 3. The first-order valence-electron chi connectivity index (χ1n) is 6.50. The predicted molar refractivity (Wildman–Crippen MR) is 73.7 cm³/mol. The highest BCUT2D eigenvalue weighted by Crippen LogP contribution is 2.33. The Morgan fingerprint density at radius 1 is 1.45 bits per heavy atom. The van der Waals surface area contributed by atoms with Gasteiger partial charge >= 0.3 is 5.97 Å². The molecule has 1 fully saturated rings. The number of carboxylic acids is 1. The first kappa shape index (κ1) is 14.1. The van der Waals surface area contributed by atoms with Gasteiger partial charge in [-0.3, -0.25) is 4.79 Å². The Bertz CT molecular complexity index is 522. The number of carbonyl (C=O) groups excluding carboxylic acids is 1. The molecule has 1 amide bonds. The van der Waals surface area contributed by atoms with Gasteiger partial charge in [-0.2, -0.15) is 0 Å². The highest BCUT2D eigenvalue weighted by atomic mass is 16.5. The molecule has 5 nitrogen and oxygen atoms in total. The van der Waals surface area contributed by atoms with Gasteiger partial charge in [0.25, 0.3) is 5.91 Å². The number of amides is 1. The van der Waals surface area contributed by atoms with Gasteiger partial charge in [0.2, 0.25) is 0 Å². The Morgan fingerprint density at radius 3 is 2.75 bits per heavy atom. The highest BCUT2D eigenvalue weighted by molar-refractivity contribution is 5.99. The molecule has 2 rings (SSSR count). The van der Waals surface area contributed by atoms with Crippen LogP contribution in [-0.4, -0.2) is 29.6 Å². The van der Waals surface area contributed by atoms with Crippen molar-refractivity contribution >= 4 is 11.9 Å². The summed E-state index contributed by atoms with van der Waals surface area (Å²) in [6.45, 7) is 3.84. The van der Waals surface area contributed by atoms with Crippen LogP contribution in [0.15, 0.2) is 36.9 Å². The van der Waals surface area contributed by atoms with E-state index in [1.807, 2.05) is 0 Å². The van der Waals surface area contributed by atoms with Crippen LogP contribution in [0.25, 0.3) is 0 Å². The third kappa shape index (κ3) is 3.38. The van der Waals surface area contributed by atoms with E-state index in [0.717, 1.165) is 12.8 Å². The van der Waals surface area contributed by atoms with E-state index in [2.05, 4.69) is 11.9 Å². The molecule has 0 bridgehead atoms. The maximum Gasteiger partial charge on any atom is 0.326 e. The maximum atomic E-state index is 12.2. The van der Waals surface area contributed by atoms with Crippen molar-refractivity contribution in [3.63, 3.8) is 0 Å². The van der Waals surface area contributed by atoms with Crippen LogP contribution in [0.3, 0.4) is 0 Å². The lowest BCUT2D eigenvalue weighted by molar-refractivity contribution is -0.139. The van der Waals surface area contributed by atoms with E-state index in [4.69, 9.17) is 9.84 Å². The van der Waals surface area contributed by atoms with E-state index in [9.17, 15) is 9.59 Å². The molecule has 20 heavy (non-hydrogen) atoms. The minimum Gasteiger partial charge on any atom is -0.489 e. The molecule has 2 N–H and O–H groups in total. The summed E-state index contributed by atoms with van der Waals surface area (Å²) in [5, 5.41) is 11.7. The van der Waals surface area contributed by atoms with E-state index >= 15 is 0 Å². The topological polar surface area (TPSA) is 75.6 Å². The molecule has 0 saturated heterocycles. The molecule has 1 saturated carbocycles. The Morgan fingerprint density at radius 2 is 2.15 bits per heavy atom. The number of benzene rings is 1. The lowest BCUT2D eigenvalue weighted by Gasteiger charge is -2.15. The first-order chi connectivity index (χ1) is 9.63. The van der Waals surface area contributed by atoms with Crippen molar-refractivity contribution in [2.45, 2.75) is 18.9 Å². The maximum absolute atomic E-state index is 12.2. The van der Waals surface area contributed by atoms with Crippen LogP contribution in [-0.2, 0) is 4.79 Å². The number of rotatable bonds is 7. The summed E-state index contributed by atoms with van der Waals surface area (Å²) in [5.74, 6) is -0.961. The van der Waals surface area contributed by atoms with Crippen LogP contribution in [0.1, 0.15) is 23.2 Å². The molecule has 106 valence electrons. The third-order valence-electron chi connectivity index (χ3n) is 3.13. The number of para-hydroxylation sites is 1. The van der Waals surface area contributed by atoms with Gasteiger partial charge in [-0.05, 0) is 30.9 Å². The van der Waals surface area contributed by atoms with Gasteiger partial charge < -0.3 is 15.2 Å². The summed E-state index contributed by atoms with van der Waals surface area (Å²) >= 11 is 0. The van der Waals surface area contributed by atoms with E-state index in [0.29, 0.717) is 11.3 Å². The number of ether oxygens (including phenoxy) is 1. The van der Waals surface area contributed by atoms with Crippen molar-refractivity contribution in [3.05, 3.63) is 42.5 Å². The summed E-state index contributed by atoms with van der Waals surface area (Å²) < 4.78 is 5.40. The van der Waals surface area contributed by atoms with E-state index in [1.165, 1.54) is 0 Å². The van der Waals surface area contributed by atoms with Gasteiger partial charge in [-0.25, -0.2) is 4.79 Å². The molecular formula is C15H17NO4. The number of hydrogen-bond donors (Lipinski definition) is 2. The second-order valence-corrected chi connectivity index (χ2v) is 4.72.